The molecular weight excluding hydrogens is 252 g/mol. The SMILES string of the molecule is CC(C)C(C)(CN)Nc1ccc(S(N)(=O)=O)cn1. The third-order valence-electron chi connectivity index (χ3n) is 3.18. The van der Waals surface area contributed by atoms with E-state index in [2.05, 4.69) is 24.1 Å². The number of hydrogen-bond acceptors (Lipinski definition) is 5. The Labute approximate surface area is 108 Å². The van der Waals surface area contributed by atoms with E-state index < -0.39 is 10.0 Å². The zero-order chi connectivity index (χ0) is 14.0. The van der Waals surface area contributed by atoms with Crippen LogP contribution in [-0.2, 0) is 10.0 Å². The summed E-state index contributed by atoms with van der Waals surface area (Å²) in [6.45, 7) is 6.55. The summed E-state index contributed by atoms with van der Waals surface area (Å²) < 4.78 is 22.2. The van der Waals surface area contributed by atoms with E-state index in [9.17, 15) is 8.42 Å². The molecule has 102 valence electrons. The molecule has 5 N–H and O–H groups in total. The van der Waals surface area contributed by atoms with Crippen molar-refractivity contribution < 1.29 is 8.42 Å². The number of primary sulfonamides is 1. The van der Waals surface area contributed by atoms with Crippen LogP contribution in [0.25, 0.3) is 0 Å². The lowest BCUT2D eigenvalue weighted by Gasteiger charge is -2.34. The van der Waals surface area contributed by atoms with Gasteiger partial charge in [0.2, 0.25) is 10.0 Å². The molecule has 6 nitrogen and oxygen atoms in total. The Morgan fingerprint density at radius 2 is 2.06 bits per heavy atom. The van der Waals surface area contributed by atoms with E-state index >= 15 is 0 Å². The fourth-order valence-corrected chi connectivity index (χ4v) is 1.80. The summed E-state index contributed by atoms with van der Waals surface area (Å²) in [5.74, 6) is 0.881. The lowest BCUT2D eigenvalue weighted by Crippen LogP contribution is -2.47. The Kier molecular flexibility index (Phi) is 4.31. The normalized spacial score (nSPS) is 15.4. The Hall–Kier alpha value is -1.18. The molecule has 18 heavy (non-hydrogen) atoms. The second-order valence-electron chi connectivity index (χ2n) is 4.83. The van der Waals surface area contributed by atoms with Crippen molar-refractivity contribution >= 4 is 15.8 Å². The first-order chi connectivity index (χ1) is 8.19. The molecule has 1 unspecified atom stereocenters. The number of sulfonamides is 1. The van der Waals surface area contributed by atoms with Crippen LogP contribution < -0.4 is 16.2 Å². The first-order valence-corrected chi connectivity index (χ1v) is 7.21. The number of rotatable bonds is 5. The Morgan fingerprint density at radius 1 is 1.44 bits per heavy atom. The van der Waals surface area contributed by atoms with Gasteiger partial charge in [-0.05, 0) is 25.0 Å². The van der Waals surface area contributed by atoms with E-state index in [1.54, 1.807) is 6.07 Å². The number of hydrogen-bond donors (Lipinski definition) is 3. The lowest BCUT2D eigenvalue weighted by molar-refractivity contribution is 0.381. The van der Waals surface area contributed by atoms with Crippen molar-refractivity contribution in [2.24, 2.45) is 16.8 Å². The van der Waals surface area contributed by atoms with Gasteiger partial charge in [-0.25, -0.2) is 18.5 Å². The molecule has 1 heterocycles. The van der Waals surface area contributed by atoms with Crippen LogP contribution in [0.15, 0.2) is 23.2 Å². The van der Waals surface area contributed by atoms with Gasteiger partial charge < -0.3 is 11.1 Å². The van der Waals surface area contributed by atoms with Gasteiger partial charge >= 0.3 is 0 Å². The summed E-state index contributed by atoms with van der Waals surface area (Å²) in [6.07, 6.45) is 1.23. The second kappa shape index (κ2) is 5.21. The molecule has 0 fully saturated rings. The van der Waals surface area contributed by atoms with Gasteiger partial charge in [-0.3, -0.25) is 0 Å². The fourth-order valence-electron chi connectivity index (χ4n) is 1.35. The predicted octanol–water partition coefficient (Wildman–Crippen LogP) is 0.514. The molecule has 0 aliphatic carbocycles. The van der Waals surface area contributed by atoms with Crippen molar-refractivity contribution in [3.63, 3.8) is 0 Å². The van der Waals surface area contributed by atoms with Crippen molar-refractivity contribution in [3.8, 4) is 0 Å². The molecule has 1 aromatic rings. The van der Waals surface area contributed by atoms with Crippen LogP contribution in [0.1, 0.15) is 20.8 Å². The van der Waals surface area contributed by atoms with Crippen LogP contribution >= 0.6 is 0 Å². The average molecular weight is 272 g/mol. The van der Waals surface area contributed by atoms with Crippen molar-refractivity contribution in [2.75, 3.05) is 11.9 Å². The fraction of sp³-hybridized carbons (Fsp3) is 0.545. The van der Waals surface area contributed by atoms with Crippen LogP contribution in [0.3, 0.4) is 0 Å². The van der Waals surface area contributed by atoms with E-state index in [-0.39, 0.29) is 10.4 Å². The topological polar surface area (TPSA) is 111 Å². The zero-order valence-corrected chi connectivity index (χ0v) is 11.7. The molecule has 1 rings (SSSR count). The van der Waals surface area contributed by atoms with Crippen molar-refractivity contribution in [1.82, 2.24) is 4.98 Å². The second-order valence-corrected chi connectivity index (χ2v) is 6.39. The molecule has 0 aromatic carbocycles. The van der Waals surface area contributed by atoms with E-state index in [0.717, 1.165) is 0 Å². The molecule has 7 heteroatoms. The smallest absolute Gasteiger partial charge is 0.239 e. The highest BCUT2D eigenvalue weighted by Crippen LogP contribution is 2.21. The van der Waals surface area contributed by atoms with Crippen LogP contribution in [0.2, 0.25) is 0 Å². The van der Waals surface area contributed by atoms with Gasteiger partial charge in [-0.1, -0.05) is 13.8 Å². The summed E-state index contributed by atoms with van der Waals surface area (Å²) >= 11 is 0. The molecule has 0 saturated carbocycles. The van der Waals surface area contributed by atoms with Gasteiger partial charge in [0.05, 0.1) is 5.54 Å². The maximum Gasteiger partial charge on any atom is 0.239 e. The third-order valence-corrected chi connectivity index (χ3v) is 4.08. The minimum Gasteiger partial charge on any atom is -0.363 e. The number of aromatic nitrogens is 1. The summed E-state index contributed by atoms with van der Waals surface area (Å²) in [5, 5.41) is 8.21. The Balaban J connectivity index is 2.94. The van der Waals surface area contributed by atoms with E-state index in [4.69, 9.17) is 10.9 Å². The highest BCUT2D eigenvalue weighted by atomic mass is 32.2. The minimum atomic E-state index is -3.70. The van der Waals surface area contributed by atoms with Gasteiger partial charge in [0.1, 0.15) is 10.7 Å². The highest BCUT2D eigenvalue weighted by molar-refractivity contribution is 7.89. The van der Waals surface area contributed by atoms with Crippen molar-refractivity contribution in [3.05, 3.63) is 18.3 Å². The van der Waals surface area contributed by atoms with E-state index in [1.807, 2.05) is 6.92 Å². The summed E-state index contributed by atoms with van der Waals surface area (Å²) in [6, 6.07) is 3.00. The number of nitrogens with two attached hydrogens (primary N) is 2. The molecule has 0 bridgehead atoms. The van der Waals surface area contributed by atoms with Crippen LogP contribution in [0.4, 0.5) is 5.82 Å². The molecule has 0 spiro atoms. The monoisotopic (exact) mass is 272 g/mol. The number of nitrogens with one attached hydrogen (secondary N) is 1. The van der Waals surface area contributed by atoms with Gasteiger partial charge in [-0.2, -0.15) is 0 Å². The molecule has 0 saturated heterocycles. The number of anilines is 1. The lowest BCUT2D eigenvalue weighted by atomic mass is 9.88. The Morgan fingerprint density at radius 3 is 2.39 bits per heavy atom. The maximum absolute atomic E-state index is 11.1. The molecule has 0 aliphatic heterocycles. The minimum absolute atomic E-state index is 0.00736. The first-order valence-electron chi connectivity index (χ1n) is 5.66. The zero-order valence-electron chi connectivity index (χ0n) is 10.8. The van der Waals surface area contributed by atoms with Gasteiger partial charge in [0.25, 0.3) is 0 Å². The van der Waals surface area contributed by atoms with Crippen LogP contribution in [0.5, 0.6) is 0 Å². The first kappa shape index (κ1) is 14.9. The van der Waals surface area contributed by atoms with Crippen molar-refractivity contribution in [1.29, 1.82) is 0 Å². The van der Waals surface area contributed by atoms with Crippen LogP contribution in [-0.4, -0.2) is 25.5 Å². The third kappa shape index (κ3) is 3.41. The molecule has 0 aliphatic rings. The molecule has 1 atom stereocenters. The predicted molar refractivity (Wildman–Crippen MR) is 71.5 cm³/mol. The standard InChI is InChI=1S/C11H20N4O2S/c1-8(2)11(3,7-12)15-10-5-4-9(6-14-10)18(13,16)17/h4-6,8H,7,12H2,1-3H3,(H,14,15)(H2,13,16,17). The molecule has 0 radical (unpaired) electrons. The summed E-state index contributed by atoms with van der Waals surface area (Å²) in [7, 11) is -3.70. The average Bonchev–Trinajstić information content (AvgIpc) is 2.28. The summed E-state index contributed by atoms with van der Waals surface area (Å²) in [4.78, 5) is 4.03. The highest BCUT2D eigenvalue weighted by Gasteiger charge is 2.26. The molecular formula is C11H20N4O2S. The number of pyridine rings is 1. The summed E-state index contributed by atoms with van der Waals surface area (Å²) in [5.41, 5.74) is 5.45. The molecule has 1 aromatic heterocycles. The quantitative estimate of drug-likeness (QED) is 0.723. The Bertz CT molecular complexity index is 498. The largest absolute Gasteiger partial charge is 0.363 e. The maximum atomic E-state index is 11.1. The van der Waals surface area contributed by atoms with E-state index in [0.29, 0.717) is 18.3 Å². The van der Waals surface area contributed by atoms with Gasteiger partial charge in [0, 0.05) is 12.7 Å². The van der Waals surface area contributed by atoms with Gasteiger partial charge in [-0.15, -0.1) is 0 Å². The number of nitrogens with zero attached hydrogens (tertiary/aromatic N) is 1. The van der Waals surface area contributed by atoms with E-state index in [1.165, 1.54) is 12.3 Å². The van der Waals surface area contributed by atoms with Crippen molar-refractivity contribution in [2.45, 2.75) is 31.2 Å². The van der Waals surface area contributed by atoms with Crippen LogP contribution in [0, 0.1) is 5.92 Å². The molecule has 0 amide bonds. The van der Waals surface area contributed by atoms with Gasteiger partial charge in [0.15, 0.2) is 0 Å².